The van der Waals surface area contributed by atoms with E-state index in [0.29, 0.717) is 11.5 Å². The van der Waals surface area contributed by atoms with Crippen molar-refractivity contribution in [1.82, 2.24) is 10.6 Å². The molecule has 29 heavy (non-hydrogen) atoms. The van der Waals surface area contributed by atoms with E-state index in [1.54, 1.807) is 19.1 Å². The smallest absolute Gasteiger partial charge is 0.326 e. The Bertz CT molecular complexity index is 895. The van der Waals surface area contributed by atoms with E-state index >= 15 is 0 Å². The first-order valence-corrected chi connectivity index (χ1v) is 10.2. The maximum Gasteiger partial charge on any atom is 0.326 e. The zero-order chi connectivity index (χ0) is 20.8. The predicted octanol–water partition coefficient (Wildman–Crippen LogP) is 3.20. The molecule has 2 amide bonds. The number of esters is 1. The molecular formula is C23H28N2O4. The Kier molecular flexibility index (Phi) is 6.86. The van der Waals surface area contributed by atoms with Gasteiger partial charge in [0, 0.05) is 11.6 Å². The highest BCUT2D eigenvalue weighted by Gasteiger charge is 2.26. The standard InChI is InChI=1S/C23H28N2O4/c1-15-7-3-6-10-20(15)25-22(27)16(2)29-21(26)14-24-23(28)19-12-11-17-8-4-5-9-18(17)13-19/h4-5,8-9,11-13,15-16,20H,3,6-7,10,14H2,1-2H3,(H,24,28)(H,25,27)/t15-,16+,20+/m1/s1. The van der Waals surface area contributed by atoms with Gasteiger partial charge in [-0.1, -0.05) is 50.1 Å². The van der Waals surface area contributed by atoms with Gasteiger partial charge in [0.15, 0.2) is 6.10 Å². The molecule has 2 aromatic rings. The van der Waals surface area contributed by atoms with Crippen LogP contribution in [0.15, 0.2) is 42.5 Å². The third-order valence-corrected chi connectivity index (χ3v) is 5.52. The lowest BCUT2D eigenvalue weighted by Gasteiger charge is -2.30. The summed E-state index contributed by atoms with van der Waals surface area (Å²) in [5, 5.41) is 7.52. The first kappa shape index (κ1) is 20.8. The van der Waals surface area contributed by atoms with Crippen LogP contribution in [0.4, 0.5) is 0 Å². The van der Waals surface area contributed by atoms with E-state index in [1.807, 2.05) is 30.3 Å². The van der Waals surface area contributed by atoms with Crippen LogP contribution in [0.5, 0.6) is 0 Å². The molecule has 1 aliphatic carbocycles. The van der Waals surface area contributed by atoms with E-state index in [9.17, 15) is 14.4 Å². The number of hydrogen-bond acceptors (Lipinski definition) is 4. The number of carbonyl (C=O) groups is 3. The van der Waals surface area contributed by atoms with Crippen LogP contribution in [-0.2, 0) is 14.3 Å². The summed E-state index contributed by atoms with van der Waals surface area (Å²) in [5.74, 6) is -0.867. The second kappa shape index (κ2) is 9.54. The monoisotopic (exact) mass is 396 g/mol. The summed E-state index contributed by atoms with van der Waals surface area (Å²) in [7, 11) is 0. The van der Waals surface area contributed by atoms with Crippen molar-refractivity contribution < 1.29 is 19.1 Å². The summed E-state index contributed by atoms with van der Waals surface area (Å²) >= 11 is 0. The molecule has 0 bridgehead atoms. The SMILES string of the molecule is C[C@H](OC(=O)CNC(=O)c1ccc2ccccc2c1)C(=O)N[C@H]1CCCC[C@H]1C. The number of hydrogen-bond donors (Lipinski definition) is 2. The van der Waals surface area contributed by atoms with E-state index in [2.05, 4.69) is 17.6 Å². The lowest BCUT2D eigenvalue weighted by atomic mass is 9.86. The highest BCUT2D eigenvalue weighted by Crippen LogP contribution is 2.23. The van der Waals surface area contributed by atoms with Gasteiger partial charge in [-0.15, -0.1) is 0 Å². The third-order valence-electron chi connectivity index (χ3n) is 5.52. The molecule has 6 heteroatoms. The molecule has 0 spiro atoms. The summed E-state index contributed by atoms with van der Waals surface area (Å²) in [5.41, 5.74) is 0.466. The number of benzene rings is 2. The Hall–Kier alpha value is -2.89. The van der Waals surface area contributed by atoms with Gasteiger partial charge in [0.2, 0.25) is 0 Å². The zero-order valence-corrected chi connectivity index (χ0v) is 16.9. The molecule has 3 rings (SSSR count). The average molecular weight is 396 g/mol. The zero-order valence-electron chi connectivity index (χ0n) is 16.9. The molecule has 0 aromatic heterocycles. The third kappa shape index (κ3) is 5.56. The molecular weight excluding hydrogens is 368 g/mol. The first-order chi connectivity index (χ1) is 13.9. The van der Waals surface area contributed by atoms with Gasteiger partial charge in [0.25, 0.3) is 11.8 Å². The summed E-state index contributed by atoms with van der Waals surface area (Å²) in [6.07, 6.45) is 3.45. The minimum Gasteiger partial charge on any atom is -0.451 e. The van der Waals surface area contributed by atoms with Crippen LogP contribution in [0.25, 0.3) is 10.8 Å². The molecule has 1 saturated carbocycles. The van der Waals surface area contributed by atoms with E-state index in [0.717, 1.165) is 30.0 Å². The fourth-order valence-electron chi connectivity index (χ4n) is 3.71. The summed E-state index contributed by atoms with van der Waals surface area (Å²) in [4.78, 5) is 36.7. The van der Waals surface area contributed by atoms with Crippen molar-refractivity contribution in [2.45, 2.75) is 51.7 Å². The number of carbonyl (C=O) groups excluding carboxylic acids is 3. The maximum absolute atomic E-state index is 12.3. The predicted molar refractivity (Wildman–Crippen MR) is 111 cm³/mol. The highest BCUT2D eigenvalue weighted by molar-refractivity contribution is 5.99. The fraction of sp³-hybridized carbons (Fsp3) is 0.435. The molecule has 0 aliphatic heterocycles. The molecule has 1 fully saturated rings. The van der Waals surface area contributed by atoms with E-state index in [-0.39, 0.29) is 24.4 Å². The van der Waals surface area contributed by atoms with E-state index in [1.165, 1.54) is 6.42 Å². The maximum atomic E-state index is 12.3. The van der Waals surface area contributed by atoms with Gasteiger partial charge >= 0.3 is 5.97 Å². The number of nitrogens with one attached hydrogen (secondary N) is 2. The van der Waals surface area contributed by atoms with Crippen molar-refractivity contribution in [3.05, 3.63) is 48.0 Å². The normalized spacial score (nSPS) is 19.9. The quantitative estimate of drug-likeness (QED) is 0.735. The second-order valence-corrected chi connectivity index (χ2v) is 7.75. The highest BCUT2D eigenvalue weighted by atomic mass is 16.5. The van der Waals surface area contributed by atoms with E-state index in [4.69, 9.17) is 4.74 Å². The van der Waals surface area contributed by atoms with Gasteiger partial charge in [-0.05, 0) is 48.6 Å². The van der Waals surface area contributed by atoms with Crippen molar-refractivity contribution in [2.24, 2.45) is 5.92 Å². The van der Waals surface area contributed by atoms with Crippen molar-refractivity contribution in [3.63, 3.8) is 0 Å². The molecule has 6 nitrogen and oxygen atoms in total. The Balaban J connectivity index is 1.46. The van der Waals surface area contributed by atoms with Crippen LogP contribution < -0.4 is 10.6 Å². The van der Waals surface area contributed by atoms with Crippen LogP contribution in [0.1, 0.15) is 49.9 Å². The van der Waals surface area contributed by atoms with Crippen molar-refractivity contribution in [3.8, 4) is 0 Å². The van der Waals surface area contributed by atoms with Gasteiger partial charge in [-0.25, -0.2) is 0 Å². The summed E-state index contributed by atoms with van der Waals surface area (Å²) < 4.78 is 5.18. The largest absolute Gasteiger partial charge is 0.451 e. The lowest BCUT2D eigenvalue weighted by Crippen LogP contribution is -2.46. The number of amides is 2. The van der Waals surface area contributed by atoms with Gasteiger partial charge in [0.1, 0.15) is 6.54 Å². The second-order valence-electron chi connectivity index (χ2n) is 7.75. The molecule has 0 unspecified atom stereocenters. The fourth-order valence-corrected chi connectivity index (χ4v) is 3.71. The van der Waals surface area contributed by atoms with Crippen LogP contribution in [0, 0.1) is 5.92 Å². The van der Waals surface area contributed by atoms with Crippen LogP contribution >= 0.6 is 0 Å². The molecule has 154 valence electrons. The Morgan fingerprint density at radius 2 is 1.79 bits per heavy atom. The van der Waals surface area contributed by atoms with Crippen LogP contribution in [0.2, 0.25) is 0 Å². The topological polar surface area (TPSA) is 84.5 Å². The molecule has 0 heterocycles. The Morgan fingerprint density at radius 3 is 2.55 bits per heavy atom. The van der Waals surface area contributed by atoms with Crippen LogP contribution in [-0.4, -0.2) is 36.5 Å². The molecule has 0 radical (unpaired) electrons. The molecule has 2 aromatic carbocycles. The minimum absolute atomic E-state index is 0.130. The van der Waals surface area contributed by atoms with Gasteiger partial charge in [-0.3, -0.25) is 14.4 Å². The summed E-state index contributed by atoms with van der Waals surface area (Å²) in [6, 6.07) is 13.2. The Morgan fingerprint density at radius 1 is 1.07 bits per heavy atom. The molecule has 0 saturated heterocycles. The van der Waals surface area contributed by atoms with Gasteiger partial charge < -0.3 is 15.4 Å². The minimum atomic E-state index is -0.894. The van der Waals surface area contributed by atoms with Crippen molar-refractivity contribution in [2.75, 3.05) is 6.54 Å². The molecule has 2 N–H and O–H groups in total. The number of fused-ring (bicyclic) bond motifs is 1. The van der Waals surface area contributed by atoms with Crippen molar-refractivity contribution >= 4 is 28.6 Å². The summed E-state index contributed by atoms with van der Waals surface area (Å²) in [6.45, 7) is 3.39. The first-order valence-electron chi connectivity index (χ1n) is 10.2. The van der Waals surface area contributed by atoms with Crippen LogP contribution in [0.3, 0.4) is 0 Å². The molecule has 3 atom stereocenters. The van der Waals surface area contributed by atoms with Gasteiger partial charge in [0.05, 0.1) is 0 Å². The van der Waals surface area contributed by atoms with Crippen molar-refractivity contribution in [1.29, 1.82) is 0 Å². The van der Waals surface area contributed by atoms with E-state index < -0.39 is 12.1 Å². The Labute approximate surface area is 171 Å². The average Bonchev–Trinajstić information content (AvgIpc) is 2.73. The molecule has 1 aliphatic rings. The number of ether oxygens (including phenoxy) is 1. The van der Waals surface area contributed by atoms with Gasteiger partial charge in [-0.2, -0.15) is 0 Å². The number of rotatable bonds is 6. The lowest BCUT2D eigenvalue weighted by molar-refractivity contribution is -0.154.